The molecule has 2 aromatic rings. The summed E-state index contributed by atoms with van der Waals surface area (Å²) in [5, 5.41) is 0. The number of carbonyl (C=O) groups is 1. The molecular formula is C18H20O3. The van der Waals surface area contributed by atoms with Gasteiger partial charge < -0.3 is 9.47 Å². The lowest BCUT2D eigenvalue weighted by molar-refractivity contribution is -0.142. The quantitative estimate of drug-likeness (QED) is 0.622. The van der Waals surface area contributed by atoms with Gasteiger partial charge in [-0.05, 0) is 32.9 Å². The number of benzene rings is 2. The zero-order chi connectivity index (χ0) is 15.5. The van der Waals surface area contributed by atoms with Gasteiger partial charge in [-0.2, -0.15) is 0 Å². The van der Waals surface area contributed by atoms with Crippen molar-refractivity contribution in [2.24, 2.45) is 5.41 Å². The average molecular weight is 284 g/mol. The molecule has 0 bridgehead atoms. The van der Waals surface area contributed by atoms with Crippen LogP contribution in [-0.4, -0.2) is 13.1 Å². The average Bonchev–Trinajstić information content (AvgIpc) is 2.47. The maximum Gasteiger partial charge on any atom is 0.316 e. The highest BCUT2D eigenvalue weighted by molar-refractivity contribution is 5.82. The summed E-state index contributed by atoms with van der Waals surface area (Å²) in [6.07, 6.45) is 0. The van der Waals surface area contributed by atoms with Crippen molar-refractivity contribution < 1.29 is 14.3 Å². The summed E-state index contributed by atoms with van der Waals surface area (Å²) in [5.41, 5.74) is 1.19. The first-order valence-corrected chi connectivity index (χ1v) is 6.88. The monoisotopic (exact) mass is 284 g/mol. The van der Waals surface area contributed by atoms with E-state index >= 15 is 0 Å². The maximum atomic E-state index is 12.1. The van der Waals surface area contributed by atoms with E-state index in [1.54, 1.807) is 13.2 Å². The van der Waals surface area contributed by atoms with Crippen LogP contribution in [0.3, 0.4) is 0 Å². The molecule has 110 valence electrons. The summed E-state index contributed by atoms with van der Waals surface area (Å²) in [7, 11) is 1.63. The summed E-state index contributed by atoms with van der Waals surface area (Å²) in [6.45, 7) is 5.50. The molecule has 0 unspecified atom stereocenters. The smallest absolute Gasteiger partial charge is 0.316 e. The van der Waals surface area contributed by atoms with Crippen molar-refractivity contribution in [3.63, 3.8) is 0 Å². The van der Waals surface area contributed by atoms with Gasteiger partial charge in [0.15, 0.2) is 0 Å². The molecular weight excluding hydrogens is 264 g/mol. The zero-order valence-electron chi connectivity index (χ0n) is 12.8. The number of ether oxygens (including phenoxy) is 2. The topological polar surface area (TPSA) is 35.5 Å². The fraction of sp³-hybridized carbons (Fsp3) is 0.278. The van der Waals surface area contributed by atoms with Gasteiger partial charge in [-0.3, -0.25) is 4.79 Å². The van der Waals surface area contributed by atoms with Crippen molar-refractivity contribution in [3.05, 3.63) is 48.5 Å². The molecule has 0 spiro atoms. The van der Waals surface area contributed by atoms with Crippen LogP contribution in [0.5, 0.6) is 11.5 Å². The minimum absolute atomic E-state index is 0.259. The van der Waals surface area contributed by atoms with E-state index in [2.05, 4.69) is 0 Å². The number of para-hydroxylation sites is 2. The third-order valence-corrected chi connectivity index (χ3v) is 3.10. The van der Waals surface area contributed by atoms with E-state index in [0.29, 0.717) is 5.75 Å². The van der Waals surface area contributed by atoms with E-state index in [1.165, 1.54) is 0 Å². The summed E-state index contributed by atoms with van der Waals surface area (Å²) in [4.78, 5) is 12.1. The fourth-order valence-corrected chi connectivity index (χ4v) is 1.90. The standard InChI is InChI=1S/C18H20O3/c1-18(2,3)17(19)21-16-12-8-6-10-14(16)13-9-5-7-11-15(13)20-4/h5-12H,1-4H3. The highest BCUT2D eigenvalue weighted by Crippen LogP contribution is 2.36. The van der Waals surface area contributed by atoms with Gasteiger partial charge in [-0.15, -0.1) is 0 Å². The molecule has 3 nitrogen and oxygen atoms in total. The Morgan fingerprint density at radius 1 is 0.857 bits per heavy atom. The molecule has 0 fully saturated rings. The molecule has 0 aliphatic carbocycles. The maximum absolute atomic E-state index is 12.1. The number of esters is 1. The lowest BCUT2D eigenvalue weighted by Crippen LogP contribution is -2.25. The van der Waals surface area contributed by atoms with Crippen molar-refractivity contribution in [3.8, 4) is 22.6 Å². The van der Waals surface area contributed by atoms with Gasteiger partial charge in [0.25, 0.3) is 0 Å². The molecule has 0 atom stereocenters. The van der Waals surface area contributed by atoms with Gasteiger partial charge in [-0.1, -0.05) is 36.4 Å². The van der Waals surface area contributed by atoms with Crippen molar-refractivity contribution in [1.29, 1.82) is 0 Å². The fourth-order valence-electron chi connectivity index (χ4n) is 1.90. The van der Waals surface area contributed by atoms with Crippen LogP contribution in [0.2, 0.25) is 0 Å². The second kappa shape index (κ2) is 6.00. The van der Waals surface area contributed by atoms with Crippen LogP contribution in [0.4, 0.5) is 0 Å². The molecule has 0 aliphatic rings. The van der Waals surface area contributed by atoms with E-state index in [1.807, 2.05) is 63.2 Å². The molecule has 0 aromatic heterocycles. The Bertz CT molecular complexity index is 639. The van der Waals surface area contributed by atoms with E-state index in [-0.39, 0.29) is 5.97 Å². The minimum Gasteiger partial charge on any atom is -0.496 e. The molecule has 0 N–H and O–H groups in total. The van der Waals surface area contributed by atoms with Crippen LogP contribution in [0, 0.1) is 5.41 Å². The Labute approximate surface area is 125 Å². The van der Waals surface area contributed by atoms with E-state index in [9.17, 15) is 4.79 Å². The number of hydrogen-bond donors (Lipinski definition) is 0. The molecule has 21 heavy (non-hydrogen) atoms. The zero-order valence-corrected chi connectivity index (χ0v) is 12.8. The Kier molecular flexibility index (Phi) is 4.32. The highest BCUT2D eigenvalue weighted by Gasteiger charge is 2.25. The lowest BCUT2D eigenvalue weighted by Gasteiger charge is -2.18. The van der Waals surface area contributed by atoms with Crippen molar-refractivity contribution in [1.82, 2.24) is 0 Å². The molecule has 0 saturated carbocycles. The SMILES string of the molecule is COc1ccccc1-c1ccccc1OC(=O)C(C)(C)C. The predicted molar refractivity (Wildman–Crippen MR) is 83.5 cm³/mol. The van der Waals surface area contributed by atoms with Crippen LogP contribution in [0.15, 0.2) is 48.5 Å². The molecule has 0 radical (unpaired) electrons. The molecule has 2 aromatic carbocycles. The summed E-state index contributed by atoms with van der Waals surface area (Å²) in [5.74, 6) is 1.03. The largest absolute Gasteiger partial charge is 0.496 e. The molecule has 3 heteroatoms. The van der Waals surface area contributed by atoms with Crippen LogP contribution >= 0.6 is 0 Å². The second-order valence-electron chi connectivity index (χ2n) is 5.84. The van der Waals surface area contributed by atoms with Gasteiger partial charge >= 0.3 is 5.97 Å². The van der Waals surface area contributed by atoms with Crippen LogP contribution in [0.1, 0.15) is 20.8 Å². The van der Waals surface area contributed by atoms with Crippen LogP contribution in [-0.2, 0) is 4.79 Å². The molecule has 0 heterocycles. The molecule has 0 amide bonds. The lowest BCUT2D eigenvalue weighted by atomic mass is 9.97. The Morgan fingerprint density at radius 2 is 1.33 bits per heavy atom. The van der Waals surface area contributed by atoms with Crippen LogP contribution < -0.4 is 9.47 Å². The number of carbonyl (C=O) groups excluding carboxylic acids is 1. The highest BCUT2D eigenvalue weighted by atomic mass is 16.5. The Balaban J connectivity index is 2.44. The van der Waals surface area contributed by atoms with Crippen molar-refractivity contribution >= 4 is 5.97 Å². The van der Waals surface area contributed by atoms with Crippen LogP contribution in [0.25, 0.3) is 11.1 Å². The van der Waals surface area contributed by atoms with Gasteiger partial charge in [0, 0.05) is 11.1 Å². The molecule has 2 rings (SSSR count). The number of hydrogen-bond acceptors (Lipinski definition) is 3. The number of methoxy groups -OCH3 is 1. The first kappa shape index (κ1) is 15.1. The summed E-state index contributed by atoms with van der Waals surface area (Å²) in [6, 6.07) is 15.2. The summed E-state index contributed by atoms with van der Waals surface area (Å²) < 4.78 is 11.0. The van der Waals surface area contributed by atoms with E-state index in [0.717, 1.165) is 16.9 Å². The Morgan fingerprint density at radius 3 is 1.86 bits per heavy atom. The van der Waals surface area contributed by atoms with Gasteiger partial charge in [0.1, 0.15) is 11.5 Å². The Hall–Kier alpha value is -2.29. The molecule has 0 saturated heterocycles. The predicted octanol–water partition coefficient (Wildman–Crippen LogP) is 4.31. The van der Waals surface area contributed by atoms with Gasteiger partial charge in [-0.25, -0.2) is 0 Å². The van der Waals surface area contributed by atoms with E-state index < -0.39 is 5.41 Å². The van der Waals surface area contributed by atoms with Crippen molar-refractivity contribution in [2.45, 2.75) is 20.8 Å². The van der Waals surface area contributed by atoms with Gasteiger partial charge in [0.2, 0.25) is 0 Å². The number of rotatable bonds is 3. The second-order valence-corrected chi connectivity index (χ2v) is 5.84. The van der Waals surface area contributed by atoms with E-state index in [4.69, 9.17) is 9.47 Å². The third kappa shape index (κ3) is 3.43. The summed E-state index contributed by atoms with van der Waals surface area (Å²) >= 11 is 0. The minimum atomic E-state index is -0.548. The third-order valence-electron chi connectivity index (χ3n) is 3.10. The normalized spacial score (nSPS) is 11.0. The van der Waals surface area contributed by atoms with Crippen molar-refractivity contribution in [2.75, 3.05) is 7.11 Å². The first-order chi connectivity index (χ1) is 9.93. The first-order valence-electron chi connectivity index (χ1n) is 6.88. The molecule has 0 aliphatic heterocycles. The van der Waals surface area contributed by atoms with Gasteiger partial charge in [0.05, 0.1) is 12.5 Å².